The van der Waals surface area contributed by atoms with Crippen LogP contribution in [-0.2, 0) is 14.4 Å². The molecule has 1 aliphatic rings. The average molecular weight is 430 g/mol. The average Bonchev–Trinajstić information content (AvgIpc) is 3.25. The third-order valence-corrected chi connectivity index (χ3v) is 5.73. The van der Waals surface area contributed by atoms with Gasteiger partial charge >= 0.3 is 11.8 Å². The molecule has 1 aromatic carbocycles. The first kappa shape index (κ1) is 21.9. The van der Waals surface area contributed by atoms with Crippen LogP contribution in [0.1, 0.15) is 18.5 Å². The number of nitrogens with one attached hydrogen (secondary N) is 3. The molecule has 3 N–H and O–H groups in total. The molecule has 1 aromatic heterocycles. The number of benzene rings is 1. The molecule has 1 fully saturated rings. The van der Waals surface area contributed by atoms with Gasteiger partial charge in [-0.15, -0.1) is 0 Å². The summed E-state index contributed by atoms with van der Waals surface area (Å²) in [7, 11) is 2.10. The Balaban J connectivity index is 1.55. The molecule has 1 atom stereocenters. The van der Waals surface area contributed by atoms with Gasteiger partial charge in [-0.3, -0.25) is 19.3 Å². The minimum Gasteiger partial charge on any atom is -0.346 e. The maximum Gasteiger partial charge on any atom is 0.313 e. The Morgan fingerprint density at radius 2 is 1.60 bits per heavy atom. The van der Waals surface area contributed by atoms with Crippen molar-refractivity contribution in [3.63, 3.8) is 0 Å². The van der Waals surface area contributed by atoms with E-state index in [4.69, 9.17) is 0 Å². The Kier molecular flexibility index (Phi) is 7.56. The zero-order chi connectivity index (χ0) is 21.5. The first-order chi connectivity index (χ1) is 14.4. The van der Waals surface area contributed by atoms with Crippen LogP contribution in [0.2, 0.25) is 0 Å². The van der Waals surface area contributed by atoms with E-state index >= 15 is 0 Å². The third-order valence-electron chi connectivity index (χ3n) is 5.03. The van der Waals surface area contributed by atoms with Crippen molar-refractivity contribution in [1.82, 2.24) is 15.1 Å². The molecule has 2 heterocycles. The van der Waals surface area contributed by atoms with Gasteiger partial charge in [-0.25, -0.2) is 0 Å². The number of hydrogen-bond donors (Lipinski definition) is 3. The molecule has 1 unspecified atom stereocenters. The van der Waals surface area contributed by atoms with E-state index in [0.717, 1.165) is 31.7 Å². The van der Waals surface area contributed by atoms with Gasteiger partial charge in [0, 0.05) is 51.0 Å². The fourth-order valence-electron chi connectivity index (χ4n) is 3.35. The van der Waals surface area contributed by atoms with Gasteiger partial charge in [0.2, 0.25) is 5.91 Å². The van der Waals surface area contributed by atoms with Crippen molar-refractivity contribution in [3.8, 4) is 0 Å². The van der Waals surface area contributed by atoms with Crippen molar-refractivity contribution in [2.75, 3.05) is 50.4 Å². The second-order valence-electron chi connectivity index (χ2n) is 7.33. The molecule has 160 valence electrons. The third kappa shape index (κ3) is 6.12. The maximum atomic E-state index is 12.4. The minimum atomic E-state index is -0.718. The van der Waals surface area contributed by atoms with Crippen LogP contribution in [-0.4, -0.2) is 67.3 Å². The summed E-state index contributed by atoms with van der Waals surface area (Å²) in [5, 5.41) is 12.1. The predicted molar refractivity (Wildman–Crippen MR) is 119 cm³/mol. The van der Waals surface area contributed by atoms with Gasteiger partial charge in [0.15, 0.2) is 0 Å². The smallest absolute Gasteiger partial charge is 0.313 e. The van der Waals surface area contributed by atoms with Crippen LogP contribution in [0, 0.1) is 0 Å². The van der Waals surface area contributed by atoms with E-state index < -0.39 is 11.8 Å². The van der Waals surface area contributed by atoms with Gasteiger partial charge < -0.3 is 20.9 Å². The Morgan fingerprint density at radius 1 is 0.967 bits per heavy atom. The van der Waals surface area contributed by atoms with Gasteiger partial charge in [0.25, 0.3) is 0 Å². The summed E-state index contributed by atoms with van der Waals surface area (Å²) in [4.78, 5) is 40.3. The van der Waals surface area contributed by atoms with Crippen LogP contribution in [0.15, 0.2) is 41.1 Å². The van der Waals surface area contributed by atoms with E-state index in [0.29, 0.717) is 17.9 Å². The minimum absolute atomic E-state index is 0.0404. The van der Waals surface area contributed by atoms with E-state index in [1.54, 1.807) is 35.6 Å². The summed E-state index contributed by atoms with van der Waals surface area (Å²) in [6, 6.07) is 8.70. The highest BCUT2D eigenvalue weighted by molar-refractivity contribution is 7.08. The highest BCUT2D eigenvalue weighted by atomic mass is 32.1. The van der Waals surface area contributed by atoms with Gasteiger partial charge in [-0.05, 0) is 53.7 Å². The summed E-state index contributed by atoms with van der Waals surface area (Å²) >= 11 is 1.62. The Morgan fingerprint density at radius 3 is 2.17 bits per heavy atom. The number of anilines is 2. The Bertz CT molecular complexity index is 861. The first-order valence-electron chi connectivity index (χ1n) is 9.84. The summed E-state index contributed by atoms with van der Waals surface area (Å²) in [6.45, 7) is 5.58. The van der Waals surface area contributed by atoms with Crippen molar-refractivity contribution >= 4 is 40.4 Å². The lowest BCUT2D eigenvalue weighted by Gasteiger charge is -2.37. The number of thiophene rings is 1. The quantitative estimate of drug-likeness (QED) is 0.609. The predicted octanol–water partition coefficient (Wildman–Crippen LogP) is 1.75. The summed E-state index contributed by atoms with van der Waals surface area (Å²) in [6.07, 6.45) is 0. The molecular formula is C21H27N5O3S. The van der Waals surface area contributed by atoms with Crippen molar-refractivity contribution in [1.29, 1.82) is 0 Å². The zero-order valence-electron chi connectivity index (χ0n) is 17.2. The van der Waals surface area contributed by atoms with Crippen molar-refractivity contribution < 1.29 is 14.4 Å². The van der Waals surface area contributed by atoms with E-state index in [1.807, 2.05) is 5.38 Å². The molecule has 1 saturated heterocycles. The van der Waals surface area contributed by atoms with Gasteiger partial charge in [0.05, 0.1) is 6.04 Å². The fourth-order valence-corrected chi connectivity index (χ4v) is 4.06. The molecule has 0 aliphatic carbocycles. The van der Waals surface area contributed by atoms with Gasteiger partial charge in [-0.1, -0.05) is 0 Å². The van der Waals surface area contributed by atoms with E-state index in [9.17, 15) is 14.4 Å². The van der Waals surface area contributed by atoms with Gasteiger partial charge in [0.1, 0.15) is 0 Å². The molecule has 2 aromatic rings. The molecule has 0 spiro atoms. The normalized spacial score (nSPS) is 15.9. The van der Waals surface area contributed by atoms with Crippen molar-refractivity contribution in [2.24, 2.45) is 0 Å². The van der Waals surface area contributed by atoms with E-state index in [-0.39, 0.29) is 11.9 Å². The Hall–Kier alpha value is -2.75. The number of carbonyl (C=O) groups is 3. The molecule has 0 radical (unpaired) electrons. The standard InChI is InChI=1S/C21H27N5O3S/c1-15(27)23-17-3-5-18(6-4-17)24-21(29)20(28)22-13-19(16-7-12-30-14-16)26-10-8-25(2)9-11-26/h3-7,12,14,19H,8-11,13H2,1-2H3,(H,22,28)(H,23,27)(H,24,29). The molecule has 0 bridgehead atoms. The molecule has 3 amide bonds. The largest absolute Gasteiger partial charge is 0.346 e. The number of hydrogen-bond acceptors (Lipinski definition) is 6. The second kappa shape index (κ2) is 10.3. The molecule has 9 heteroatoms. The summed E-state index contributed by atoms with van der Waals surface area (Å²) in [5.41, 5.74) is 2.26. The molecule has 0 saturated carbocycles. The van der Waals surface area contributed by atoms with Crippen LogP contribution in [0.4, 0.5) is 11.4 Å². The first-order valence-corrected chi connectivity index (χ1v) is 10.8. The topological polar surface area (TPSA) is 93.8 Å². The van der Waals surface area contributed by atoms with Crippen molar-refractivity contribution in [2.45, 2.75) is 13.0 Å². The van der Waals surface area contributed by atoms with Crippen LogP contribution in [0.25, 0.3) is 0 Å². The van der Waals surface area contributed by atoms with E-state index in [2.05, 4.69) is 44.2 Å². The lowest BCUT2D eigenvalue weighted by Crippen LogP contribution is -2.49. The highest BCUT2D eigenvalue weighted by Gasteiger charge is 2.25. The molecular weight excluding hydrogens is 402 g/mol. The maximum absolute atomic E-state index is 12.4. The molecule has 3 rings (SSSR count). The van der Waals surface area contributed by atoms with E-state index in [1.165, 1.54) is 6.92 Å². The van der Waals surface area contributed by atoms with Crippen LogP contribution in [0.3, 0.4) is 0 Å². The second-order valence-corrected chi connectivity index (χ2v) is 8.11. The van der Waals surface area contributed by atoms with Crippen LogP contribution < -0.4 is 16.0 Å². The van der Waals surface area contributed by atoms with Crippen molar-refractivity contribution in [3.05, 3.63) is 46.7 Å². The fraction of sp³-hybridized carbons (Fsp3) is 0.381. The van der Waals surface area contributed by atoms with Gasteiger partial charge in [-0.2, -0.15) is 11.3 Å². The SMILES string of the molecule is CC(=O)Nc1ccc(NC(=O)C(=O)NCC(c2ccsc2)N2CCN(C)CC2)cc1. The highest BCUT2D eigenvalue weighted by Crippen LogP contribution is 2.23. The summed E-state index contributed by atoms with van der Waals surface area (Å²) < 4.78 is 0. The lowest BCUT2D eigenvalue weighted by atomic mass is 10.1. The molecule has 1 aliphatic heterocycles. The monoisotopic (exact) mass is 429 g/mol. The zero-order valence-corrected chi connectivity index (χ0v) is 18.0. The number of carbonyl (C=O) groups excluding carboxylic acids is 3. The molecule has 8 nitrogen and oxygen atoms in total. The number of rotatable bonds is 6. The summed E-state index contributed by atoms with van der Waals surface area (Å²) in [5.74, 6) is -1.56. The number of nitrogens with zero attached hydrogens (tertiary/aromatic N) is 2. The number of piperazine rings is 1. The number of amides is 3. The molecule has 30 heavy (non-hydrogen) atoms. The number of likely N-dealkylation sites (N-methyl/N-ethyl adjacent to an activating group) is 1. The van der Waals surface area contributed by atoms with Crippen LogP contribution >= 0.6 is 11.3 Å². The lowest BCUT2D eigenvalue weighted by molar-refractivity contribution is -0.136. The van der Waals surface area contributed by atoms with Crippen LogP contribution in [0.5, 0.6) is 0 Å². The Labute approximate surface area is 180 Å².